The van der Waals surface area contributed by atoms with Crippen molar-refractivity contribution in [3.63, 3.8) is 0 Å². The van der Waals surface area contributed by atoms with E-state index < -0.39 is 6.10 Å². The Kier molecular flexibility index (Phi) is 6.48. The highest BCUT2D eigenvalue weighted by Gasteiger charge is 2.24. The van der Waals surface area contributed by atoms with Crippen molar-refractivity contribution in [3.05, 3.63) is 65.7 Å². The number of nitrogens with zero attached hydrogens (tertiary/aromatic N) is 3. The second kappa shape index (κ2) is 9.02. The van der Waals surface area contributed by atoms with Gasteiger partial charge in [0.25, 0.3) is 0 Å². The Morgan fingerprint density at radius 3 is 2.37 bits per heavy atom. The predicted octanol–water partition coefficient (Wildman–Crippen LogP) is 2.00. The highest BCUT2D eigenvalue weighted by atomic mass is 16.3. The molecule has 0 spiro atoms. The summed E-state index contributed by atoms with van der Waals surface area (Å²) in [6.45, 7) is 3.22. The summed E-state index contributed by atoms with van der Waals surface area (Å²) < 4.78 is 0. The van der Waals surface area contributed by atoms with Crippen LogP contribution in [0.2, 0.25) is 0 Å². The number of carbonyl (C=O) groups is 1. The molecule has 1 amide bonds. The molecule has 5 heteroatoms. The van der Waals surface area contributed by atoms with E-state index in [0.717, 1.165) is 24.3 Å². The quantitative estimate of drug-likeness (QED) is 0.878. The molecule has 1 heterocycles. The first-order chi connectivity index (χ1) is 13.0. The molecule has 1 aliphatic heterocycles. The molecule has 0 saturated carbocycles. The standard InChI is InChI=1S/C22H29N3O2/c1-23(2)20-10-8-18(9-11-20)14-22(27)25-13-12-24(16-21(26)17-25)15-19-6-4-3-5-7-19/h3-11,21,26H,12-17H2,1-2H3/t21-/m0/s1. The zero-order chi connectivity index (χ0) is 19.2. The number of benzene rings is 2. The van der Waals surface area contributed by atoms with Crippen LogP contribution in [-0.4, -0.2) is 67.2 Å². The molecule has 27 heavy (non-hydrogen) atoms. The molecule has 2 aromatic rings. The molecular weight excluding hydrogens is 338 g/mol. The van der Waals surface area contributed by atoms with E-state index in [2.05, 4.69) is 17.0 Å². The molecule has 1 atom stereocenters. The fourth-order valence-electron chi connectivity index (χ4n) is 3.46. The Hall–Kier alpha value is -2.37. The second-order valence-electron chi connectivity index (χ2n) is 7.45. The third-order valence-electron chi connectivity index (χ3n) is 5.00. The molecule has 2 aromatic carbocycles. The van der Waals surface area contributed by atoms with E-state index in [9.17, 15) is 9.90 Å². The first-order valence-corrected chi connectivity index (χ1v) is 9.49. The molecule has 1 saturated heterocycles. The number of aliphatic hydroxyl groups excluding tert-OH is 1. The molecule has 0 aliphatic carbocycles. The van der Waals surface area contributed by atoms with Gasteiger partial charge in [-0.05, 0) is 23.3 Å². The maximum Gasteiger partial charge on any atom is 0.227 e. The van der Waals surface area contributed by atoms with Crippen LogP contribution in [0.3, 0.4) is 0 Å². The molecule has 0 unspecified atom stereocenters. The van der Waals surface area contributed by atoms with Gasteiger partial charge in [0.15, 0.2) is 0 Å². The van der Waals surface area contributed by atoms with Gasteiger partial charge in [-0.1, -0.05) is 42.5 Å². The SMILES string of the molecule is CN(C)c1ccc(CC(=O)N2CCN(Cc3ccccc3)C[C@H](O)C2)cc1. The topological polar surface area (TPSA) is 47.0 Å². The average molecular weight is 367 g/mol. The first-order valence-electron chi connectivity index (χ1n) is 9.49. The minimum absolute atomic E-state index is 0.0771. The molecule has 1 fully saturated rings. The Morgan fingerprint density at radius 1 is 1.00 bits per heavy atom. The summed E-state index contributed by atoms with van der Waals surface area (Å²) in [6, 6.07) is 18.3. The van der Waals surface area contributed by atoms with Crippen LogP contribution in [-0.2, 0) is 17.8 Å². The molecule has 3 rings (SSSR count). The second-order valence-corrected chi connectivity index (χ2v) is 7.45. The summed E-state index contributed by atoms with van der Waals surface area (Å²) in [4.78, 5) is 18.8. The van der Waals surface area contributed by atoms with Gasteiger partial charge in [0.05, 0.1) is 12.5 Å². The van der Waals surface area contributed by atoms with Crippen molar-refractivity contribution in [2.45, 2.75) is 19.1 Å². The number of hydrogen-bond donors (Lipinski definition) is 1. The average Bonchev–Trinajstić information content (AvgIpc) is 2.84. The van der Waals surface area contributed by atoms with Crippen molar-refractivity contribution in [1.82, 2.24) is 9.80 Å². The van der Waals surface area contributed by atoms with Crippen molar-refractivity contribution in [3.8, 4) is 0 Å². The Bertz CT molecular complexity index is 731. The van der Waals surface area contributed by atoms with Gasteiger partial charge in [0.1, 0.15) is 0 Å². The minimum atomic E-state index is -0.517. The van der Waals surface area contributed by atoms with E-state index in [1.807, 2.05) is 61.5 Å². The molecule has 144 valence electrons. The third-order valence-corrected chi connectivity index (χ3v) is 5.00. The van der Waals surface area contributed by atoms with Crippen molar-refractivity contribution in [2.24, 2.45) is 0 Å². The molecular formula is C22H29N3O2. The monoisotopic (exact) mass is 367 g/mol. The number of anilines is 1. The zero-order valence-corrected chi connectivity index (χ0v) is 16.2. The lowest BCUT2D eigenvalue weighted by molar-refractivity contribution is -0.131. The maximum atomic E-state index is 12.7. The van der Waals surface area contributed by atoms with E-state index in [4.69, 9.17) is 0 Å². The van der Waals surface area contributed by atoms with Gasteiger partial charge in [-0.2, -0.15) is 0 Å². The van der Waals surface area contributed by atoms with Crippen LogP contribution in [0.5, 0.6) is 0 Å². The molecule has 1 aliphatic rings. The highest BCUT2D eigenvalue weighted by molar-refractivity contribution is 5.79. The van der Waals surface area contributed by atoms with Gasteiger partial charge in [0.2, 0.25) is 5.91 Å². The number of carbonyl (C=O) groups excluding carboxylic acids is 1. The maximum absolute atomic E-state index is 12.7. The van der Waals surface area contributed by atoms with Crippen molar-refractivity contribution < 1.29 is 9.90 Å². The zero-order valence-electron chi connectivity index (χ0n) is 16.2. The van der Waals surface area contributed by atoms with E-state index in [0.29, 0.717) is 26.1 Å². The molecule has 0 aromatic heterocycles. The lowest BCUT2D eigenvalue weighted by atomic mass is 10.1. The number of hydrogen-bond acceptors (Lipinski definition) is 4. The van der Waals surface area contributed by atoms with Crippen LogP contribution in [0.15, 0.2) is 54.6 Å². The van der Waals surface area contributed by atoms with E-state index >= 15 is 0 Å². The van der Waals surface area contributed by atoms with Crippen LogP contribution in [0.1, 0.15) is 11.1 Å². The van der Waals surface area contributed by atoms with Crippen molar-refractivity contribution in [1.29, 1.82) is 0 Å². The predicted molar refractivity (Wildman–Crippen MR) is 109 cm³/mol. The summed E-state index contributed by atoms with van der Waals surface area (Å²) in [6.07, 6.45) is -0.143. The Labute approximate surface area is 161 Å². The van der Waals surface area contributed by atoms with Crippen molar-refractivity contribution in [2.75, 3.05) is 45.2 Å². The van der Waals surface area contributed by atoms with Crippen LogP contribution < -0.4 is 4.90 Å². The lowest BCUT2D eigenvalue weighted by Gasteiger charge is -2.22. The number of aliphatic hydroxyl groups is 1. The van der Waals surface area contributed by atoms with Gasteiger partial charge < -0.3 is 14.9 Å². The minimum Gasteiger partial charge on any atom is -0.390 e. The molecule has 1 N–H and O–H groups in total. The first kappa shape index (κ1) is 19.4. The Balaban J connectivity index is 1.57. The molecule has 0 radical (unpaired) electrons. The summed E-state index contributed by atoms with van der Waals surface area (Å²) in [5.41, 5.74) is 3.35. The summed E-state index contributed by atoms with van der Waals surface area (Å²) in [5.74, 6) is 0.0771. The van der Waals surface area contributed by atoms with Gasteiger partial charge in [-0.3, -0.25) is 9.69 Å². The highest BCUT2D eigenvalue weighted by Crippen LogP contribution is 2.15. The smallest absolute Gasteiger partial charge is 0.227 e. The fourth-order valence-corrected chi connectivity index (χ4v) is 3.46. The summed E-state index contributed by atoms with van der Waals surface area (Å²) in [7, 11) is 4.00. The van der Waals surface area contributed by atoms with Gasteiger partial charge >= 0.3 is 0 Å². The van der Waals surface area contributed by atoms with Crippen molar-refractivity contribution >= 4 is 11.6 Å². The van der Waals surface area contributed by atoms with Gasteiger partial charge in [-0.25, -0.2) is 0 Å². The van der Waals surface area contributed by atoms with E-state index in [1.54, 1.807) is 4.90 Å². The van der Waals surface area contributed by atoms with E-state index in [-0.39, 0.29) is 5.91 Å². The number of amides is 1. The Morgan fingerprint density at radius 2 is 1.70 bits per heavy atom. The largest absolute Gasteiger partial charge is 0.390 e. The summed E-state index contributed by atoms with van der Waals surface area (Å²) in [5, 5.41) is 10.4. The number of rotatable bonds is 5. The van der Waals surface area contributed by atoms with Crippen LogP contribution in [0.4, 0.5) is 5.69 Å². The molecule has 5 nitrogen and oxygen atoms in total. The van der Waals surface area contributed by atoms with E-state index in [1.165, 1.54) is 5.56 Å². The van der Waals surface area contributed by atoms with Crippen LogP contribution in [0, 0.1) is 0 Å². The number of β-amino-alcohol motifs (C(OH)–C–C–N with tert-alkyl or cyclic N) is 1. The van der Waals surface area contributed by atoms with Gasteiger partial charge in [-0.15, -0.1) is 0 Å². The molecule has 0 bridgehead atoms. The summed E-state index contributed by atoms with van der Waals surface area (Å²) >= 11 is 0. The van der Waals surface area contributed by atoms with Crippen LogP contribution >= 0.6 is 0 Å². The third kappa shape index (κ3) is 5.55. The lowest BCUT2D eigenvalue weighted by Crippen LogP contribution is -2.38. The van der Waals surface area contributed by atoms with Gasteiger partial charge in [0, 0.05) is 52.5 Å². The fraction of sp³-hybridized carbons (Fsp3) is 0.409. The van der Waals surface area contributed by atoms with Crippen LogP contribution in [0.25, 0.3) is 0 Å². The normalized spacial score (nSPS) is 18.2.